The molecule has 1 saturated heterocycles. The number of amides is 2. The summed E-state index contributed by atoms with van der Waals surface area (Å²) in [6.07, 6.45) is 4.97. The normalized spacial score (nSPS) is 17.7. The van der Waals surface area contributed by atoms with Crippen LogP contribution < -0.4 is 10.6 Å². The molecule has 10 heteroatoms. The van der Waals surface area contributed by atoms with Gasteiger partial charge in [0.2, 0.25) is 11.8 Å². The molecule has 3 N–H and O–H groups in total. The number of tetrazole rings is 1. The molecule has 0 saturated carbocycles. The highest BCUT2D eigenvalue weighted by Crippen LogP contribution is 2.13. The molecule has 2 aromatic rings. The fraction of sp³-hybridized carbons (Fsp3) is 0.500. The van der Waals surface area contributed by atoms with Gasteiger partial charge in [0.25, 0.3) is 0 Å². The third-order valence-corrected chi connectivity index (χ3v) is 4.22. The first kappa shape index (κ1) is 17.9. The molecule has 0 bridgehead atoms. The van der Waals surface area contributed by atoms with Crippen LogP contribution in [-0.4, -0.2) is 68.0 Å². The highest BCUT2D eigenvalue weighted by atomic mass is 16.2. The molecule has 1 unspecified atom stereocenters. The fourth-order valence-electron chi connectivity index (χ4n) is 2.91. The van der Waals surface area contributed by atoms with Crippen molar-refractivity contribution >= 4 is 11.8 Å². The summed E-state index contributed by atoms with van der Waals surface area (Å²) in [7, 11) is 0. The minimum atomic E-state index is -0.471. The quantitative estimate of drug-likeness (QED) is 0.518. The van der Waals surface area contributed by atoms with Crippen LogP contribution in [0, 0.1) is 0 Å². The maximum atomic E-state index is 12.2. The second kappa shape index (κ2) is 8.99. The fourth-order valence-corrected chi connectivity index (χ4v) is 2.91. The lowest BCUT2D eigenvalue weighted by Crippen LogP contribution is -2.56. The van der Waals surface area contributed by atoms with E-state index in [9.17, 15) is 9.59 Å². The first-order chi connectivity index (χ1) is 12.7. The molecule has 1 fully saturated rings. The van der Waals surface area contributed by atoms with Crippen molar-refractivity contribution in [3.63, 3.8) is 0 Å². The highest BCUT2D eigenvalue weighted by molar-refractivity contribution is 5.88. The number of aromatic nitrogens is 5. The van der Waals surface area contributed by atoms with Crippen LogP contribution in [0.3, 0.4) is 0 Å². The first-order valence-corrected chi connectivity index (χ1v) is 8.62. The molecule has 1 aliphatic rings. The molecule has 3 rings (SSSR count). The average molecular weight is 358 g/mol. The van der Waals surface area contributed by atoms with Gasteiger partial charge in [0, 0.05) is 45.0 Å². The maximum absolute atomic E-state index is 12.2. The molecular weight excluding hydrogens is 336 g/mol. The lowest BCUT2D eigenvalue weighted by Gasteiger charge is -2.34. The van der Waals surface area contributed by atoms with Gasteiger partial charge >= 0.3 is 0 Å². The van der Waals surface area contributed by atoms with Gasteiger partial charge in [-0.05, 0) is 18.1 Å². The lowest BCUT2D eigenvalue weighted by atomic mass is 10.1. The zero-order valence-electron chi connectivity index (χ0n) is 14.4. The first-order valence-electron chi connectivity index (χ1n) is 8.62. The predicted molar refractivity (Wildman–Crippen MR) is 91.6 cm³/mol. The molecule has 0 aromatic carbocycles. The molecule has 10 nitrogen and oxygen atoms in total. The number of nitrogens with one attached hydrogen (secondary N) is 3. The molecule has 1 aliphatic heterocycles. The predicted octanol–water partition coefficient (Wildman–Crippen LogP) is -0.966. The number of aryl methyl sites for hydroxylation is 1. The Hall–Kier alpha value is -2.88. The minimum absolute atomic E-state index is 0.109. The second-order valence-corrected chi connectivity index (χ2v) is 6.12. The van der Waals surface area contributed by atoms with Crippen molar-refractivity contribution in [2.75, 3.05) is 19.6 Å². The van der Waals surface area contributed by atoms with Gasteiger partial charge in [-0.2, -0.15) is 5.21 Å². The number of piperazine rings is 1. The summed E-state index contributed by atoms with van der Waals surface area (Å²) in [6.45, 7) is 2.39. The SMILES string of the molecule is O=C(CC1C(=O)NCCN1Cc1cccnc1)NCCCc1nn[nH]n1. The van der Waals surface area contributed by atoms with Gasteiger partial charge in [-0.1, -0.05) is 11.3 Å². The summed E-state index contributed by atoms with van der Waals surface area (Å²) in [6, 6.07) is 3.36. The average Bonchev–Trinajstić information content (AvgIpc) is 3.16. The zero-order chi connectivity index (χ0) is 18.2. The molecule has 1 atom stereocenters. The van der Waals surface area contributed by atoms with E-state index in [-0.39, 0.29) is 18.2 Å². The van der Waals surface area contributed by atoms with Crippen LogP contribution in [0.5, 0.6) is 0 Å². The van der Waals surface area contributed by atoms with Gasteiger partial charge in [0.05, 0.1) is 12.5 Å². The van der Waals surface area contributed by atoms with E-state index in [1.165, 1.54) is 0 Å². The molecule has 0 aliphatic carbocycles. The smallest absolute Gasteiger partial charge is 0.237 e. The van der Waals surface area contributed by atoms with E-state index in [4.69, 9.17) is 0 Å². The summed E-state index contributed by atoms with van der Waals surface area (Å²) in [5.74, 6) is 0.368. The van der Waals surface area contributed by atoms with Crippen LogP contribution >= 0.6 is 0 Å². The Kier molecular flexibility index (Phi) is 6.20. The third kappa shape index (κ3) is 5.06. The molecule has 2 aromatic heterocycles. The number of rotatable bonds is 8. The molecule has 138 valence electrons. The van der Waals surface area contributed by atoms with Crippen molar-refractivity contribution in [1.29, 1.82) is 0 Å². The Morgan fingerprint density at radius 3 is 3.12 bits per heavy atom. The summed E-state index contributed by atoms with van der Waals surface area (Å²) in [5, 5.41) is 19.3. The van der Waals surface area contributed by atoms with Gasteiger partial charge in [0.15, 0.2) is 5.82 Å². The van der Waals surface area contributed by atoms with Crippen LogP contribution in [-0.2, 0) is 22.6 Å². The number of hydrogen-bond donors (Lipinski definition) is 3. The van der Waals surface area contributed by atoms with Crippen molar-refractivity contribution in [3.05, 3.63) is 35.9 Å². The Labute approximate surface area is 150 Å². The number of nitrogens with zero attached hydrogens (tertiary/aromatic N) is 5. The standard InChI is InChI=1S/C16H22N8O2/c25-15(18-6-2-4-14-20-22-23-21-14)9-13-16(26)19-7-8-24(13)11-12-3-1-5-17-10-12/h1,3,5,10,13H,2,4,6-9,11H2,(H,18,25)(H,19,26)(H,20,21,22,23). The van der Waals surface area contributed by atoms with Crippen molar-refractivity contribution in [3.8, 4) is 0 Å². The number of carbonyl (C=O) groups is 2. The maximum Gasteiger partial charge on any atom is 0.237 e. The van der Waals surface area contributed by atoms with Gasteiger partial charge in [-0.3, -0.25) is 19.5 Å². The molecule has 2 amide bonds. The zero-order valence-corrected chi connectivity index (χ0v) is 14.4. The van der Waals surface area contributed by atoms with Crippen LogP contribution in [0.2, 0.25) is 0 Å². The monoisotopic (exact) mass is 358 g/mol. The molecular formula is C16H22N8O2. The van der Waals surface area contributed by atoms with Crippen molar-refractivity contribution in [2.45, 2.75) is 31.8 Å². The summed E-state index contributed by atoms with van der Waals surface area (Å²) in [4.78, 5) is 30.6. The molecule has 3 heterocycles. The number of aromatic amines is 1. The number of H-pyrrole nitrogens is 1. The molecule has 0 spiro atoms. The van der Waals surface area contributed by atoms with Gasteiger partial charge < -0.3 is 10.6 Å². The molecule has 0 radical (unpaired) electrons. The van der Waals surface area contributed by atoms with Crippen LogP contribution in [0.25, 0.3) is 0 Å². The Bertz CT molecular complexity index is 706. The van der Waals surface area contributed by atoms with E-state index < -0.39 is 6.04 Å². The van der Waals surface area contributed by atoms with E-state index >= 15 is 0 Å². The Morgan fingerprint density at radius 1 is 1.42 bits per heavy atom. The van der Waals surface area contributed by atoms with E-state index in [0.29, 0.717) is 44.8 Å². The van der Waals surface area contributed by atoms with Gasteiger partial charge in [-0.25, -0.2) is 0 Å². The highest BCUT2D eigenvalue weighted by Gasteiger charge is 2.31. The van der Waals surface area contributed by atoms with Crippen molar-refractivity contribution in [2.24, 2.45) is 0 Å². The number of carbonyl (C=O) groups excluding carboxylic acids is 2. The number of hydrogen-bond acceptors (Lipinski definition) is 7. The third-order valence-electron chi connectivity index (χ3n) is 4.22. The van der Waals surface area contributed by atoms with Gasteiger partial charge in [-0.15, -0.1) is 10.2 Å². The van der Waals surface area contributed by atoms with Crippen molar-refractivity contribution < 1.29 is 9.59 Å². The van der Waals surface area contributed by atoms with E-state index in [2.05, 4.69) is 36.2 Å². The van der Waals surface area contributed by atoms with Crippen LogP contribution in [0.4, 0.5) is 0 Å². The topological polar surface area (TPSA) is 129 Å². The van der Waals surface area contributed by atoms with E-state index in [0.717, 1.165) is 5.56 Å². The summed E-state index contributed by atoms with van der Waals surface area (Å²) in [5.41, 5.74) is 1.02. The van der Waals surface area contributed by atoms with E-state index in [1.54, 1.807) is 12.4 Å². The lowest BCUT2D eigenvalue weighted by molar-refractivity contribution is -0.134. The largest absolute Gasteiger partial charge is 0.356 e. The Morgan fingerprint density at radius 2 is 2.35 bits per heavy atom. The summed E-state index contributed by atoms with van der Waals surface area (Å²) < 4.78 is 0. The summed E-state index contributed by atoms with van der Waals surface area (Å²) >= 11 is 0. The second-order valence-electron chi connectivity index (χ2n) is 6.12. The van der Waals surface area contributed by atoms with Gasteiger partial charge in [0.1, 0.15) is 0 Å². The minimum Gasteiger partial charge on any atom is -0.356 e. The van der Waals surface area contributed by atoms with E-state index in [1.807, 2.05) is 17.0 Å². The Balaban J connectivity index is 1.48. The van der Waals surface area contributed by atoms with Crippen LogP contribution in [0.1, 0.15) is 24.2 Å². The van der Waals surface area contributed by atoms with Crippen LogP contribution in [0.15, 0.2) is 24.5 Å². The van der Waals surface area contributed by atoms with Crippen molar-refractivity contribution in [1.82, 2.24) is 41.1 Å². The molecule has 26 heavy (non-hydrogen) atoms. The number of pyridine rings is 1.